The van der Waals surface area contributed by atoms with Crippen molar-refractivity contribution in [3.63, 3.8) is 0 Å². The second-order valence-electron chi connectivity index (χ2n) is 4.16. The van der Waals surface area contributed by atoms with Gasteiger partial charge >= 0.3 is 6.36 Å². The van der Waals surface area contributed by atoms with Gasteiger partial charge in [0.2, 0.25) is 0 Å². The summed E-state index contributed by atoms with van der Waals surface area (Å²) in [6.45, 7) is 2.85. The van der Waals surface area contributed by atoms with Crippen LogP contribution in [0.3, 0.4) is 0 Å². The topological polar surface area (TPSA) is 21.3 Å². The van der Waals surface area contributed by atoms with Crippen LogP contribution in [0.15, 0.2) is 18.2 Å². The molecular weight excluding hydrogens is 231 g/mol. The van der Waals surface area contributed by atoms with Crippen LogP contribution in [0.5, 0.6) is 5.75 Å². The lowest BCUT2D eigenvalue weighted by Gasteiger charge is -2.12. The summed E-state index contributed by atoms with van der Waals surface area (Å²) in [5.74, 6) is 0.146. The van der Waals surface area contributed by atoms with Crippen LogP contribution in [-0.2, 0) is 0 Å². The molecule has 17 heavy (non-hydrogen) atoms. The number of rotatable bonds is 3. The third-order valence-corrected chi connectivity index (χ3v) is 2.87. The number of benzene rings is 1. The third-order valence-electron chi connectivity index (χ3n) is 2.87. The van der Waals surface area contributed by atoms with Gasteiger partial charge in [-0.2, -0.15) is 0 Å². The van der Waals surface area contributed by atoms with E-state index < -0.39 is 6.36 Å². The lowest BCUT2D eigenvalue weighted by Crippen LogP contribution is -2.17. The van der Waals surface area contributed by atoms with Crippen LogP contribution in [0, 0.1) is 0 Å². The maximum absolute atomic E-state index is 12.1. The first-order valence-electron chi connectivity index (χ1n) is 5.63. The molecule has 1 aromatic rings. The van der Waals surface area contributed by atoms with E-state index in [1.54, 1.807) is 6.07 Å². The molecule has 5 heteroatoms. The minimum Gasteiger partial charge on any atom is -0.406 e. The maximum atomic E-state index is 12.1. The molecule has 0 saturated heterocycles. The van der Waals surface area contributed by atoms with E-state index >= 15 is 0 Å². The van der Waals surface area contributed by atoms with Crippen LogP contribution in [0.2, 0.25) is 0 Å². The summed E-state index contributed by atoms with van der Waals surface area (Å²) >= 11 is 0. The van der Waals surface area contributed by atoms with E-state index in [1.807, 2.05) is 0 Å². The van der Waals surface area contributed by atoms with E-state index in [4.69, 9.17) is 0 Å². The van der Waals surface area contributed by atoms with Gasteiger partial charge in [0.15, 0.2) is 0 Å². The van der Waals surface area contributed by atoms with Gasteiger partial charge in [-0.3, -0.25) is 0 Å². The summed E-state index contributed by atoms with van der Waals surface area (Å²) < 4.78 is 40.2. The third kappa shape index (κ3) is 2.84. The molecule has 1 heterocycles. The highest BCUT2D eigenvalue weighted by Crippen LogP contribution is 2.37. The summed E-state index contributed by atoms with van der Waals surface area (Å²) in [5, 5.41) is 3.19. The van der Waals surface area contributed by atoms with Gasteiger partial charge in [-0.25, -0.2) is 0 Å². The Hall–Kier alpha value is -1.39. The van der Waals surface area contributed by atoms with Gasteiger partial charge in [-0.05, 0) is 30.2 Å². The molecule has 1 aliphatic heterocycles. The number of nitrogens with one attached hydrogen (secondary N) is 1. The quantitative estimate of drug-likeness (QED) is 0.872. The summed E-state index contributed by atoms with van der Waals surface area (Å²) in [4.78, 5) is 0. The average molecular weight is 245 g/mol. The second-order valence-corrected chi connectivity index (χ2v) is 4.16. The minimum absolute atomic E-state index is 0.138. The van der Waals surface area contributed by atoms with E-state index in [1.165, 1.54) is 12.1 Å². The minimum atomic E-state index is -4.62. The number of fused-ring (bicyclic) bond motifs is 1. The SMILES string of the molecule is CCCC1CNc2ccc(OC(F)(F)F)cc21. The summed E-state index contributed by atoms with van der Waals surface area (Å²) in [5.41, 5.74) is 1.84. The molecule has 2 rings (SSSR count). The smallest absolute Gasteiger partial charge is 0.406 e. The fourth-order valence-corrected chi connectivity index (χ4v) is 2.19. The summed E-state index contributed by atoms with van der Waals surface area (Å²) in [6, 6.07) is 4.48. The van der Waals surface area contributed by atoms with Crippen LogP contribution in [0.25, 0.3) is 0 Å². The van der Waals surface area contributed by atoms with E-state index in [0.717, 1.165) is 30.6 Å². The van der Waals surface area contributed by atoms with Crippen molar-refractivity contribution in [3.8, 4) is 5.75 Å². The Morgan fingerprint density at radius 3 is 2.82 bits per heavy atom. The van der Waals surface area contributed by atoms with E-state index in [-0.39, 0.29) is 11.7 Å². The van der Waals surface area contributed by atoms with Crippen LogP contribution in [0.4, 0.5) is 18.9 Å². The van der Waals surface area contributed by atoms with Gasteiger partial charge in [0.25, 0.3) is 0 Å². The zero-order valence-electron chi connectivity index (χ0n) is 9.47. The molecule has 1 aromatic carbocycles. The molecule has 0 aromatic heterocycles. The fraction of sp³-hybridized carbons (Fsp3) is 0.500. The van der Waals surface area contributed by atoms with Gasteiger partial charge < -0.3 is 10.1 Å². The molecule has 1 unspecified atom stereocenters. The number of hydrogen-bond donors (Lipinski definition) is 1. The maximum Gasteiger partial charge on any atom is 0.573 e. The Morgan fingerprint density at radius 2 is 2.18 bits per heavy atom. The highest BCUT2D eigenvalue weighted by Gasteiger charge is 2.32. The first-order valence-corrected chi connectivity index (χ1v) is 5.63. The summed E-state index contributed by atoms with van der Waals surface area (Å²) in [6.07, 6.45) is -2.65. The van der Waals surface area contributed by atoms with E-state index in [9.17, 15) is 13.2 Å². The highest BCUT2D eigenvalue weighted by atomic mass is 19.4. The number of hydrogen-bond acceptors (Lipinski definition) is 2. The predicted octanol–water partition coefficient (Wildman–Crippen LogP) is 3.89. The van der Waals surface area contributed by atoms with Crippen molar-refractivity contribution >= 4 is 5.69 Å². The molecule has 0 radical (unpaired) electrons. The van der Waals surface area contributed by atoms with Crippen LogP contribution in [0.1, 0.15) is 31.2 Å². The molecule has 2 nitrogen and oxygen atoms in total. The molecule has 1 aliphatic rings. The lowest BCUT2D eigenvalue weighted by atomic mass is 9.96. The molecule has 0 spiro atoms. The normalized spacial score (nSPS) is 18.7. The average Bonchev–Trinajstić information content (AvgIpc) is 2.59. The molecule has 0 saturated carbocycles. The monoisotopic (exact) mass is 245 g/mol. The van der Waals surface area contributed by atoms with Gasteiger partial charge in [-0.1, -0.05) is 13.3 Å². The number of ether oxygens (including phenoxy) is 1. The van der Waals surface area contributed by atoms with Gasteiger partial charge in [0, 0.05) is 18.2 Å². The largest absolute Gasteiger partial charge is 0.573 e. The predicted molar refractivity (Wildman–Crippen MR) is 59.3 cm³/mol. The van der Waals surface area contributed by atoms with Crippen molar-refractivity contribution in [2.45, 2.75) is 32.0 Å². The standard InChI is InChI=1S/C12H14F3NO/c1-2-3-8-7-16-11-5-4-9(6-10(8)11)17-12(13,14)15/h4-6,8,16H,2-3,7H2,1H3. The van der Waals surface area contributed by atoms with Crippen molar-refractivity contribution in [2.24, 2.45) is 0 Å². The Morgan fingerprint density at radius 1 is 1.41 bits per heavy atom. The first kappa shape index (κ1) is 12.1. The lowest BCUT2D eigenvalue weighted by molar-refractivity contribution is -0.274. The van der Waals surface area contributed by atoms with E-state index in [0.29, 0.717) is 0 Å². The molecule has 0 amide bonds. The molecule has 94 valence electrons. The van der Waals surface area contributed by atoms with Crippen molar-refractivity contribution in [2.75, 3.05) is 11.9 Å². The second kappa shape index (κ2) is 4.47. The van der Waals surface area contributed by atoms with Crippen molar-refractivity contribution < 1.29 is 17.9 Å². The van der Waals surface area contributed by atoms with E-state index in [2.05, 4.69) is 17.0 Å². The zero-order valence-corrected chi connectivity index (χ0v) is 9.47. The highest BCUT2D eigenvalue weighted by molar-refractivity contribution is 5.60. The molecule has 0 aliphatic carbocycles. The van der Waals surface area contributed by atoms with Gasteiger partial charge in [0.1, 0.15) is 5.75 Å². The van der Waals surface area contributed by atoms with Crippen molar-refractivity contribution in [1.29, 1.82) is 0 Å². The van der Waals surface area contributed by atoms with Crippen molar-refractivity contribution in [3.05, 3.63) is 23.8 Å². The van der Waals surface area contributed by atoms with Crippen LogP contribution in [-0.4, -0.2) is 12.9 Å². The molecule has 1 atom stereocenters. The first-order chi connectivity index (χ1) is 7.99. The summed E-state index contributed by atoms with van der Waals surface area (Å²) in [7, 11) is 0. The molecule has 0 bridgehead atoms. The fourth-order valence-electron chi connectivity index (χ4n) is 2.19. The molecule has 1 N–H and O–H groups in total. The number of halogens is 3. The Labute approximate surface area is 97.8 Å². The van der Waals surface area contributed by atoms with Crippen LogP contribution < -0.4 is 10.1 Å². The van der Waals surface area contributed by atoms with Crippen LogP contribution >= 0.6 is 0 Å². The molecular formula is C12H14F3NO. The Kier molecular flexibility index (Phi) is 3.17. The zero-order chi connectivity index (χ0) is 12.5. The number of anilines is 1. The van der Waals surface area contributed by atoms with Crippen molar-refractivity contribution in [1.82, 2.24) is 0 Å². The Bertz CT molecular complexity index is 401. The van der Waals surface area contributed by atoms with Gasteiger partial charge in [-0.15, -0.1) is 13.2 Å². The van der Waals surface area contributed by atoms with Gasteiger partial charge in [0.05, 0.1) is 0 Å². The Balaban J connectivity index is 2.21. The molecule has 0 fully saturated rings. The number of alkyl halides is 3.